The van der Waals surface area contributed by atoms with E-state index in [9.17, 15) is 0 Å². The number of rotatable bonds is 8. The molecule has 1 rings (SSSR count). The van der Waals surface area contributed by atoms with Crippen molar-refractivity contribution in [3.63, 3.8) is 0 Å². The van der Waals surface area contributed by atoms with Crippen LogP contribution < -0.4 is 9.47 Å². The van der Waals surface area contributed by atoms with Gasteiger partial charge in [0.1, 0.15) is 11.5 Å². The van der Waals surface area contributed by atoms with Crippen LogP contribution in [0.2, 0.25) is 0 Å². The third kappa shape index (κ3) is 4.26. The highest BCUT2D eigenvalue weighted by molar-refractivity contribution is 5.58. The molecule has 0 aliphatic heterocycles. The Balaban J connectivity index is 3.08. The minimum absolute atomic E-state index is 0.272. The van der Waals surface area contributed by atoms with E-state index in [0.29, 0.717) is 0 Å². The lowest BCUT2D eigenvalue weighted by Crippen LogP contribution is -2.03. The molecule has 22 heavy (non-hydrogen) atoms. The summed E-state index contributed by atoms with van der Waals surface area (Å²) >= 11 is 0. The Kier molecular flexibility index (Phi) is 7.46. The van der Waals surface area contributed by atoms with Gasteiger partial charge in [-0.1, -0.05) is 11.6 Å². The monoisotopic (exact) mass is 306 g/mol. The predicted molar refractivity (Wildman–Crippen MR) is 92.2 cm³/mol. The maximum Gasteiger partial charge on any atom is 0.126 e. The molecule has 0 fully saturated rings. The van der Waals surface area contributed by atoms with E-state index in [1.54, 1.807) is 14.2 Å². The normalized spacial score (nSPS) is 11.7. The predicted octanol–water partition coefficient (Wildman–Crippen LogP) is 4.28. The highest BCUT2D eigenvalue weighted by Crippen LogP contribution is 2.38. The quantitative estimate of drug-likeness (QED) is 0.575. The Morgan fingerprint density at radius 3 is 2.09 bits per heavy atom. The van der Waals surface area contributed by atoms with Gasteiger partial charge < -0.3 is 14.6 Å². The van der Waals surface area contributed by atoms with Crippen LogP contribution in [0.25, 0.3) is 0 Å². The van der Waals surface area contributed by atoms with Crippen LogP contribution in [0.1, 0.15) is 48.4 Å². The smallest absolute Gasteiger partial charge is 0.126 e. The average molecular weight is 306 g/mol. The van der Waals surface area contributed by atoms with Crippen molar-refractivity contribution in [3.8, 4) is 11.5 Å². The molecule has 1 aromatic carbocycles. The first-order chi connectivity index (χ1) is 10.5. The van der Waals surface area contributed by atoms with Gasteiger partial charge in [-0.15, -0.1) is 0 Å². The first-order valence-corrected chi connectivity index (χ1v) is 7.95. The number of hydrogen-bond donors (Lipinski definition) is 1. The first-order valence-electron chi connectivity index (χ1n) is 7.95. The summed E-state index contributed by atoms with van der Waals surface area (Å²) in [5, 5.41) is 8.86. The molecule has 0 bridgehead atoms. The second-order valence-corrected chi connectivity index (χ2v) is 5.86. The van der Waals surface area contributed by atoms with Crippen LogP contribution in [0.4, 0.5) is 0 Å². The van der Waals surface area contributed by atoms with Gasteiger partial charge in [0.15, 0.2) is 0 Å². The highest BCUT2D eigenvalue weighted by atomic mass is 16.5. The first kappa shape index (κ1) is 18.6. The number of methoxy groups -OCH3 is 2. The number of hydrogen-bond acceptors (Lipinski definition) is 3. The zero-order valence-electron chi connectivity index (χ0n) is 14.9. The molecule has 0 spiro atoms. The summed E-state index contributed by atoms with van der Waals surface area (Å²) in [6, 6.07) is 0. The van der Waals surface area contributed by atoms with Gasteiger partial charge in [-0.3, -0.25) is 0 Å². The van der Waals surface area contributed by atoms with Gasteiger partial charge in [0.25, 0.3) is 0 Å². The van der Waals surface area contributed by atoms with E-state index in [1.807, 2.05) is 0 Å². The number of unbranched alkanes of at least 4 members (excludes halogenated alkanes) is 1. The summed E-state index contributed by atoms with van der Waals surface area (Å²) in [5.41, 5.74) is 5.99. The van der Waals surface area contributed by atoms with Crippen molar-refractivity contribution in [1.82, 2.24) is 0 Å². The number of aliphatic hydroxyl groups excluding tert-OH is 1. The van der Waals surface area contributed by atoms with Crippen LogP contribution in [-0.2, 0) is 6.42 Å². The maximum absolute atomic E-state index is 8.86. The molecule has 1 N–H and O–H groups in total. The van der Waals surface area contributed by atoms with Gasteiger partial charge in [0, 0.05) is 12.2 Å². The second kappa shape index (κ2) is 8.84. The van der Waals surface area contributed by atoms with E-state index >= 15 is 0 Å². The zero-order chi connectivity index (χ0) is 16.7. The van der Waals surface area contributed by atoms with Crippen molar-refractivity contribution >= 4 is 0 Å². The van der Waals surface area contributed by atoms with Gasteiger partial charge in [0.05, 0.1) is 14.2 Å². The molecule has 3 nitrogen and oxygen atoms in total. The second-order valence-electron chi connectivity index (χ2n) is 5.86. The Morgan fingerprint density at radius 1 is 0.955 bits per heavy atom. The fraction of sp³-hybridized carbons (Fsp3) is 0.579. The van der Waals surface area contributed by atoms with E-state index in [2.05, 4.69) is 33.8 Å². The van der Waals surface area contributed by atoms with Crippen molar-refractivity contribution in [3.05, 3.63) is 33.9 Å². The maximum atomic E-state index is 8.86. The van der Waals surface area contributed by atoms with E-state index in [0.717, 1.165) is 53.9 Å². The topological polar surface area (TPSA) is 38.7 Å². The van der Waals surface area contributed by atoms with Crippen LogP contribution in [0.3, 0.4) is 0 Å². The zero-order valence-corrected chi connectivity index (χ0v) is 14.9. The van der Waals surface area contributed by atoms with E-state index < -0.39 is 0 Å². The Labute approximate surface area is 135 Å². The third-order valence-electron chi connectivity index (χ3n) is 4.35. The van der Waals surface area contributed by atoms with Gasteiger partial charge in [-0.05, 0) is 70.1 Å². The summed E-state index contributed by atoms with van der Waals surface area (Å²) in [7, 11) is 3.45. The molecule has 0 atom stereocenters. The van der Waals surface area contributed by atoms with E-state index in [1.165, 1.54) is 11.1 Å². The number of allylic oxidation sites excluding steroid dienone is 2. The van der Waals surface area contributed by atoms with Gasteiger partial charge in [0.2, 0.25) is 0 Å². The Bertz CT molecular complexity index is 530. The summed E-state index contributed by atoms with van der Waals surface area (Å²) in [5.74, 6) is 1.93. The van der Waals surface area contributed by atoms with Crippen molar-refractivity contribution in [1.29, 1.82) is 0 Å². The summed E-state index contributed by atoms with van der Waals surface area (Å²) in [4.78, 5) is 0. The van der Waals surface area contributed by atoms with Gasteiger partial charge >= 0.3 is 0 Å². The van der Waals surface area contributed by atoms with E-state index in [4.69, 9.17) is 14.6 Å². The molecule has 0 unspecified atom stereocenters. The number of benzene rings is 1. The van der Waals surface area contributed by atoms with Crippen LogP contribution in [0.15, 0.2) is 11.6 Å². The molecule has 0 radical (unpaired) electrons. The molecule has 0 aliphatic rings. The van der Waals surface area contributed by atoms with Gasteiger partial charge in [-0.25, -0.2) is 0 Å². The van der Waals surface area contributed by atoms with Crippen LogP contribution in [0.5, 0.6) is 11.5 Å². The minimum Gasteiger partial charge on any atom is -0.496 e. The molecule has 0 aromatic heterocycles. The minimum atomic E-state index is 0.272. The van der Waals surface area contributed by atoms with Crippen molar-refractivity contribution in [2.24, 2.45) is 0 Å². The largest absolute Gasteiger partial charge is 0.496 e. The van der Waals surface area contributed by atoms with Crippen LogP contribution in [-0.4, -0.2) is 25.9 Å². The summed E-state index contributed by atoms with van der Waals surface area (Å²) in [6.45, 7) is 8.67. The Morgan fingerprint density at radius 2 is 1.55 bits per heavy atom. The average Bonchev–Trinajstić information content (AvgIpc) is 2.50. The fourth-order valence-electron chi connectivity index (χ4n) is 2.88. The lowest BCUT2D eigenvalue weighted by atomic mass is 9.94. The lowest BCUT2D eigenvalue weighted by Gasteiger charge is -2.20. The highest BCUT2D eigenvalue weighted by Gasteiger charge is 2.17. The van der Waals surface area contributed by atoms with Crippen LogP contribution >= 0.6 is 0 Å². The SMILES string of the molecule is COc1c(C)c(C)c(OC)c(CC=C(C)CCCCO)c1C. The molecule has 0 saturated heterocycles. The number of aliphatic hydroxyl groups is 1. The molecule has 0 saturated carbocycles. The third-order valence-corrected chi connectivity index (χ3v) is 4.35. The molecule has 0 amide bonds. The molecular weight excluding hydrogens is 276 g/mol. The Hall–Kier alpha value is -1.48. The fourth-order valence-corrected chi connectivity index (χ4v) is 2.88. The van der Waals surface area contributed by atoms with E-state index in [-0.39, 0.29) is 6.61 Å². The molecular formula is C19H30O3. The molecule has 0 aliphatic carbocycles. The van der Waals surface area contributed by atoms with Crippen LogP contribution in [0, 0.1) is 20.8 Å². The number of ether oxygens (including phenoxy) is 2. The molecule has 3 heteroatoms. The molecule has 0 heterocycles. The van der Waals surface area contributed by atoms with Crippen molar-refractivity contribution in [2.45, 2.75) is 53.4 Å². The van der Waals surface area contributed by atoms with Gasteiger partial charge in [-0.2, -0.15) is 0 Å². The standard InChI is InChI=1S/C19H30O3/c1-13(9-7-8-12-20)10-11-17-16(4)18(21-5)14(2)15(3)19(17)22-6/h10,20H,7-9,11-12H2,1-6H3. The van der Waals surface area contributed by atoms with Crippen molar-refractivity contribution < 1.29 is 14.6 Å². The summed E-state index contributed by atoms with van der Waals surface area (Å²) < 4.78 is 11.2. The summed E-state index contributed by atoms with van der Waals surface area (Å²) in [6.07, 6.45) is 6.04. The molecule has 124 valence electrons. The lowest BCUT2D eigenvalue weighted by molar-refractivity contribution is 0.284. The van der Waals surface area contributed by atoms with Crippen molar-refractivity contribution in [2.75, 3.05) is 20.8 Å². The molecule has 1 aromatic rings.